The van der Waals surface area contributed by atoms with Crippen molar-refractivity contribution in [1.82, 2.24) is 0 Å². The maximum Gasteiger partial charge on any atom is 0.119 e. The molecule has 0 unspecified atom stereocenters. The molecule has 0 aliphatic heterocycles. The van der Waals surface area contributed by atoms with Crippen molar-refractivity contribution in [2.45, 2.75) is 26.7 Å². The summed E-state index contributed by atoms with van der Waals surface area (Å²) in [4.78, 5) is 0. The van der Waals surface area contributed by atoms with Crippen molar-refractivity contribution in [3.8, 4) is 5.75 Å². The molecule has 0 bridgehead atoms. The van der Waals surface area contributed by atoms with Crippen LogP contribution in [0.5, 0.6) is 5.75 Å². The Hall–Kier alpha value is -1.76. The van der Waals surface area contributed by atoms with Gasteiger partial charge in [0.25, 0.3) is 0 Å². The van der Waals surface area contributed by atoms with E-state index in [2.05, 4.69) is 38.1 Å². The van der Waals surface area contributed by atoms with Crippen LogP contribution >= 0.6 is 0 Å². The number of hydrogen-bond donors (Lipinski definition) is 0. The van der Waals surface area contributed by atoms with Crippen LogP contribution < -0.4 is 4.74 Å². The molecule has 0 aromatic heterocycles. The minimum atomic E-state index is 0.659. The highest BCUT2D eigenvalue weighted by molar-refractivity contribution is 5.20. The van der Waals surface area contributed by atoms with Crippen molar-refractivity contribution >= 4 is 0 Å². The molecule has 1 heteroatoms. The van der Waals surface area contributed by atoms with E-state index < -0.39 is 0 Å². The van der Waals surface area contributed by atoms with Gasteiger partial charge in [0.2, 0.25) is 0 Å². The van der Waals surface area contributed by atoms with E-state index in [1.807, 2.05) is 43.3 Å². The van der Waals surface area contributed by atoms with Crippen LogP contribution in [-0.4, -0.2) is 6.61 Å². The first-order valence-electron chi connectivity index (χ1n) is 6.46. The van der Waals surface area contributed by atoms with Crippen LogP contribution in [0.15, 0.2) is 60.7 Å². The van der Waals surface area contributed by atoms with Crippen molar-refractivity contribution in [3.63, 3.8) is 0 Å². The van der Waals surface area contributed by atoms with Gasteiger partial charge in [-0.05, 0) is 30.5 Å². The molecule has 0 radical (unpaired) electrons. The summed E-state index contributed by atoms with van der Waals surface area (Å²) in [7, 11) is 0. The SMILES string of the molecule is CC(C)c1ccccc1.CCOc1ccccc1. The molecule has 0 aliphatic rings. The van der Waals surface area contributed by atoms with Crippen molar-refractivity contribution in [3.05, 3.63) is 66.2 Å². The largest absolute Gasteiger partial charge is 0.494 e. The standard InChI is InChI=1S/C9H12.C8H10O/c1-8(2)9-6-4-3-5-7-9;1-2-9-8-6-4-3-5-7-8/h3-8H,1-2H3;3-7H,2H2,1H3. The summed E-state index contributed by atoms with van der Waals surface area (Å²) in [5.41, 5.74) is 1.41. The molecule has 0 aliphatic carbocycles. The third-order valence-electron chi connectivity index (χ3n) is 2.52. The molecule has 96 valence electrons. The first kappa shape index (κ1) is 14.3. The average Bonchev–Trinajstić information content (AvgIpc) is 2.42. The van der Waals surface area contributed by atoms with E-state index in [0.29, 0.717) is 5.92 Å². The van der Waals surface area contributed by atoms with Gasteiger partial charge in [-0.3, -0.25) is 0 Å². The van der Waals surface area contributed by atoms with Gasteiger partial charge in [-0.25, -0.2) is 0 Å². The third-order valence-corrected chi connectivity index (χ3v) is 2.52. The molecule has 0 saturated heterocycles. The monoisotopic (exact) mass is 242 g/mol. The highest BCUT2D eigenvalue weighted by atomic mass is 16.5. The molecule has 0 amide bonds. The smallest absolute Gasteiger partial charge is 0.119 e. The van der Waals surface area contributed by atoms with E-state index in [1.54, 1.807) is 0 Å². The van der Waals surface area contributed by atoms with Gasteiger partial charge < -0.3 is 4.74 Å². The summed E-state index contributed by atoms with van der Waals surface area (Å²) in [5.74, 6) is 1.60. The molecule has 0 fully saturated rings. The van der Waals surface area contributed by atoms with Gasteiger partial charge in [0.05, 0.1) is 6.61 Å². The molecule has 2 aromatic rings. The fourth-order valence-corrected chi connectivity index (χ4v) is 1.52. The number of ether oxygens (including phenoxy) is 1. The Labute approximate surface area is 110 Å². The van der Waals surface area contributed by atoms with Gasteiger partial charge in [0, 0.05) is 0 Å². The lowest BCUT2D eigenvalue weighted by atomic mass is 10.0. The summed E-state index contributed by atoms with van der Waals surface area (Å²) in [5, 5.41) is 0. The molecule has 0 N–H and O–H groups in total. The van der Waals surface area contributed by atoms with Crippen LogP contribution in [-0.2, 0) is 0 Å². The molecule has 0 heterocycles. The minimum absolute atomic E-state index is 0.659. The fourth-order valence-electron chi connectivity index (χ4n) is 1.52. The molecule has 1 nitrogen and oxygen atoms in total. The summed E-state index contributed by atoms with van der Waals surface area (Å²) >= 11 is 0. The molecule has 0 spiro atoms. The summed E-state index contributed by atoms with van der Waals surface area (Å²) < 4.78 is 5.21. The zero-order valence-electron chi connectivity index (χ0n) is 11.5. The van der Waals surface area contributed by atoms with Gasteiger partial charge in [-0.15, -0.1) is 0 Å². The van der Waals surface area contributed by atoms with Crippen LogP contribution in [0.3, 0.4) is 0 Å². The number of para-hydroxylation sites is 1. The van der Waals surface area contributed by atoms with Crippen molar-refractivity contribution in [2.24, 2.45) is 0 Å². The van der Waals surface area contributed by atoms with Crippen molar-refractivity contribution in [2.75, 3.05) is 6.61 Å². The van der Waals surface area contributed by atoms with E-state index >= 15 is 0 Å². The Morgan fingerprint density at radius 2 is 1.33 bits per heavy atom. The van der Waals surface area contributed by atoms with E-state index in [1.165, 1.54) is 5.56 Å². The van der Waals surface area contributed by atoms with Crippen LogP contribution in [0.1, 0.15) is 32.3 Å². The van der Waals surface area contributed by atoms with Gasteiger partial charge in [0.15, 0.2) is 0 Å². The van der Waals surface area contributed by atoms with E-state index in [-0.39, 0.29) is 0 Å². The first-order chi connectivity index (χ1) is 8.74. The second-order valence-electron chi connectivity index (χ2n) is 4.31. The van der Waals surface area contributed by atoms with E-state index in [0.717, 1.165) is 12.4 Å². The fraction of sp³-hybridized carbons (Fsp3) is 0.294. The van der Waals surface area contributed by atoms with Crippen LogP contribution in [0.25, 0.3) is 0 Å². The molecular weight excluding hydrogens is 220 g/mol. The highest BCUT2D eigenvalue weighted by Crippen LogP contribution is 2.11. The van der Waals surface area contributed by atoms with Crippen LogP contribution in [0.4, 0.5) is 0 Å². The second-order valence-corrected chi connectivity index (χ2v) is 4.31. The molecule has 2 aromatic carbocycles. The lowest BCUT2D eigenvalue weighted by Crippen LogP contribution is -1.89. The van der Waals surface area contributed by atoms with Crippen molar-refractivity contribution < 1.29 is 4.74 Å². The molecule has 0 atom stereocenters. The van der Waals surface area contributed by atoms with Gasteiger partial charge in [0.1, 0.15) is 5.75 Å². The zero-order valence-corrected chi connectivity index (χ0v) is 11.5. The van der Waals surface area contributed by atoms with Gasteiger partial charge >= 0.3 is 0 Å². The Bertz CT molecular complexity index is 406. The quantitative estimate of drug-likeness (QED) is 0.744. The number of rotatable bonds is 3. The van der Waals surface area contributed by atoms with E-state index in [9.17, 15) is 0 Å². The predicted octanol–water partition coefficient (Wildman–Crippen LogP) is 4.90. The molecule has 0 saturated carbocycles. The molecular formula is C17H22O. The maximum absolute atomic E-state index is 5.21. The topological polar surface area (TPSA) is 9.23 Å². The lowest BCUT2D eigenvalue weighted by molar-refractivity contribution is 0.340. The van der Waals surface area contributed by atoms with Gasteiger partial charge in [-0.1, -0.05) is 62.4 Å². The molecule has 18 heavy (non-hydrogen) atoms. The maximum atomic E-state index is 5.21. The Morgan fingerprint density at radius 3 is 1.72 bits per heavy atom. The average molecular weight is 242 g/mol. The number of benzene rings is 2. The number of hydrogen-bond acceptors (Lipinski definition) is 1. The zero-order chi connectivity index (χ0) is 13.2. The van der Waals surface area contributed by atoms with Crippen molar-refractivity contribution in [1.29, 1.82) is 0 Å². The normalized spacial score (nSPS) is 9.56. The Balaban J connectivity index is 0.000000180. The van der Waals surface area contributed by atoms with Gasteiger partial charge in [-0.2, -0.15) is 0 Å². The van der Waals surface area contributed by atoms with E-state index in [4.69, 9.17) is 4.74 Å². The predicted molar refractivity (Wildman–Crippen MR) is 78.1 cm³/mol. The highest BCUT2D eigenvalue weighted by Gasteiger charge is 1.93. The summed E-state index contributed by atoms with van der Waals surface area (Å²) in [6.45, 7) is 7.13. The Morgan fingerprint density at radius 1 is 0.833 bits per heavy atom. The summed E-state index contributed by atoms with van der Waals surface area (Å²) in [6.07, 6.45) is 0. The summed E-state index contributed by atoms with van der Waals surface area (Å²) in [6, 6.07) is 20.3. The second kappa shape index (κ2) is 8.35. The lowest BCUT2D eigenvalue weighted by Gasteiger charge is -2.01. The Kier molecular flexibility index (Phi) is 6.63. The molecule has 2 rings (SSSR count). The van der Waals surface area contributed by atoms with Crippen LogP contribution in [0.2, 0.25) is 0 Å². The first-order valence-corrected chi connectivity index (χ1v) is 6.46. The minimum Gasteiger partial charge on any atom is -0.494 e. The van der Waals surface area contributed by atoms with Crippen LogP contribution in [0, 0.1) is 0 Å². The third kappa shape index (κ3) is 5.53.